The van der Waals surface area contributed by atoms with E-state index in [0.717, 1.165) is 11.4 Å². The summed E-state index contributed by atoms with van der Waals surface area (Å²) < 4.78 is 4.51. The van der Waals surface area contributed by atoms with Gasteiger partial charge in [-0.25, -0.2) is 4.63 Å². The molecule has 0 amide bonds. The molecule has 0 radical (unpaired) electrons. The third kappa shape index (κ3) is 2.64. The molecule has 4 nitrogen and oxygen atoms in total. The van der Waals surface area contributed by atoms with E-state index in [2.05, 4.69) is 26.8 Å². The standard InChI is InChI=1S/C7H10ClN3O/c1-5(8)3-9-4-7-6(2)10-12-11-7/h9H,1,3-4H2,2H3. The van der Waals surface area contributed by atoms with Crippen LogP contribution in [0.1, 0.15) is 11.4 Å². The molecule has 12 heavy (non-hydrogen) atoms. The molecule has 5 heteroatoms. The molecular weight excluding hydrogens is 178 g/mol. The van der Waals surface area contributed by atoms with Crippen molar-refractivity contribution < 1.29 is 4.63 Å². The van der Waals surface area contributed by atoms with Gasteiger partial charge >= 0.3 is 0 Å². The van der Waals surface area contributed by atoms with Gasteiger partial charge < -0.3 is 5.32 Å². The molecule has 0 saturated heterocycles. The van der Waals surface area contributed by atoms with Gasteiger partial charge in [0, 0.05) is 18.1 Å². The van der Waals surface area contributed by atoms with E-state index in [4.69, 9.17) is 11.6 Å². The van der Waals surface area contributed by atoms with Gasteiger partial charge in [-0.2, -0.15) is 0 Å². The number of rotatable bonds is 4. The van der Waals surface area contributed by atoms with Gasteiger partial charge in [-0.3, -0.25) is 0 Å². The number of nitrogens with one attached hydrogen (secondary N) is 1. The van der Waals surface area contributed by atoms with E-state index in [1.54, 1.807) is 0 Å². The highest BCUT2D eigenvalue weighted by molar-refractivity contribution is 6.29. The molecule has 0 bridgehead atoms. The fourth-order valence-electron chi connectivity index (χ4n) is 0.726. The second-order valence-electron chi connectivity index (χ2n) is 2.42. The molecule has 0 atom stereocenters. The topological polar surface area (TPSA) is 51.0 Å². The highest BCUT2D eigenvalue weighted by atomic mass is 35.5. The average Bonchev–Trinajstić information content (AvgIpc) is 2.36. The predicted molar refractivity (Wildman–Crippen MR) is 45.7 cm³/mol. The van der Waals surface area contributed by atoms with Gasteiger partial charge in [0.1, 0.15) is 11.4 Å². The molecule has 1 aromatic heterocycles. The van der Waals surface area contributed by atoms with Crippen molar-refractivity contribution in [3.63, 3.8) is 0 Å². The normalized spacial score (nSPS) is 10.2. The minimum atomic E-state index is 0.563. The van der Waals surface area contributed by atoms with Crippen molar-refractivity contribution in [1.82, 2.24) is 15.6 Å². The Bertz CT molecular complexity index is 271. The number of nitrogens with zero attached hydrogens (tertiary/aromatic N) is 2. The van der Waals surface area contributed by atoms with Crippen molar-refractivity contribution in [2.45, 2.75) is 13.5 Å². The summed E-state index contributed by atoms with van der Waals surface area (Å²) in [5, 5.41) is 10.9. The lowest BCUT2D eigenvalue weighted by atomic mass is 10.3. The minimum Gasteiger partial charge on any atom is -0.306 e. The number of halogens is 1. The second kappa shape index (κ2) is 4.23. The molecule has 0 aliphatic heterocycles. The Balaban J connectivity index is 2.33. The smallest absolute Gasteiger partial charge is 0.121 e. The maximum absolute atomic E-state index is 5.54. The average molecular weight is 188 g/mol. The van der Waals surface area contributed by atoms with Crippen LogP contribution in [-0.2, 0) is 6.54 Å². The number of aromatic nitrogens is 2. The summed E-state index contributed by atoms with van der Waals surface area (Å²) in [7, 11) is 0. The van der Waals surface area contributed by atoms with Crippen LogP contribution in [0.25, 0.3) is 0 Å². The van der Waals surface area contributed by atoms with Gasteiger partial charge in [0.05, 0.1) is 0 Å². The summed E-state index contributed by atoms with van der Waals surface area (Å²) in [6.07, 6.45) is 0. The van der Waals surface area contributed by atoms with Gasteiger partial charge in [-0.1, -0.05) is 28.5 Å². The van der Waals surface area contributed by atoms with Crippen molar-refractivity contribution in [2.75, 3.05) is 6.54 Å². The van der Waals surface area contributed by atoms with Crippen LogP contribution in [0.3, 0.4) is 0 Å². The Hall–Kier alpha value is -0.870. The van der Waals surface area contributed by atoms with E-state index < -0.39 is 0 Å². The van der Waals surface area contributed by atoms with Crippen LogP contribution < -0.4 is 5.32 Å². The first-order valence-corrected chi connectivity index (χ1v) is 3.90. The number of aryl methyl sites for hydroxylation is 1. The van der Waals surface area contributed by atoms with Crippen LogP contribution >= 0.6 is 11.6 Å². The maximum Gasteiger partial charge on any atom is 0.121 e. The highest BCUT2D eigenvalue weighted by Crippen LogP contribution is 2.00. The zero-order valence-corrected chi connectivity index (χ0v) is 7.56. The van der Waals surface area contributed by atoms with Crippen LogP contribution in [0.5, 0.6) is 0 Å². The molecule has 0 aromatic carbocycles. The van der Waals surface area contributed by atoms with E-state index in [0.29, 0.717) is 18.1 Å². The summed E-state index contributed by atoms with van der Waals surface area (Å²) in [5.41, 5.74) is 1.59. The molecule has 1 rings (SSSR count). The fraction of sp³-hybridized carbons (Fsp3) is 0.429. The van der Waals surface area contributed by atoms with Crippen LogP contribution in [0, 0.1) is 6.92 Å². The number of hydrogen-bond donors (Lipinski definition) is 1. The second-order valence-corrected chi connectivity index (χ2v) is 2.95. The van der Waals surface area contributed by atoms with E-state index in [1.807, 2.05) is 6.92 Å². The summed E-state index contributed by atoms with van der Waals surface area (Å²) in [6.45, 7) is 6.54. The minimum absolute atomic E-state index is 0.563. The van der Waals surface area contributed by atoms with Crippen LogP contribution in [-0.4, -0.2) is 16.9 Å². The quantitative estimate of drug-likeness (QED) is 0.770. The first kappa shape index (κ1) is 9.22. The molecule has 0 saturated carbocycles. The zero-order chi connectivity index (χ0) is 8.97. The molecule has 0 aliphatic rings. The van der Waals surface area contributed by atoms with E-state index in [1.165, 1.54) is 0 Å². The third-order valence-corrected chi connectivity index (χ3v) is 1.49. The van der Waals surface area contributed by atoms with Crippen molar-refractivity contribution in [2.24, 2.45) is 0 Å². The highest BCUT2D eigenvalue weighted by Gasteiger charge is 2.03. The Kier molecular flexibility index (Phi) is 3.25. The Morgan fingerprint density at radius 3 is 2.92 bits per heavy atom. The summed E-state index contributed by atoms with van der Waals surface area (Å²) in [5.74, 6) is 0. The lowest BCUT2D eigenvalue weighted by Gasteiger charge is -1.98. The van der Waals surface area contributed by atoms with Crippen molar-refractivity contribution in [1.29, 1.82) is 0 Å². The summed E-state index contributed by atoms with van der Waals surface area (Å²) in [4.78, 5) is 0. The van der Waals surface area contributed by atoms with Crippen LogP contribution in [0.2, 0.25) is 0 Å². The lowest BCUT2D eigenvalue weighted by Crippen LogP contribution is -2.15. The monoisotopic (exact) mass is 187 g/mol. The van der Waals surface area contributed by atoms with Crippen LogP contribution in [0.15, 0.2) is 16.2 Å². The van der Waals surface area contributed by atoms with Gasteiger partial charge in [0.25, 0.3) is 0 Å². The van der Waals surface area contributed by atoms with E-state index in [-0.39, 0.29) is 0 Å². The molecule has 0 fully saturated rings. The molecule has 0 spiro atoms. The molecule has 0 aliphatic carbocycles. The Morgan fingerprint density at radius 2 is 2.42 bits per heavy atom. The van der Waals surface area contributed by atoms with Gasteiger partial charge in [-0.15, -0.1) is 0 Å². The van der Waals surface area contributed by atoms with Crippen molar-refractivity contribution in [3.05, 3.63) is 23.0 Å². The van der Waals surface area contributed by atoms with Crippen LogP contribution in [0.4, 0.5) is 0 Å². The molecular formula is C7H10ClN3O. The predicted octanol–water partition coefficient (Wildman–Crippen LogP) is 1.22. The van der Waals surface area contributed by atoms with E-state index >= 15 is 0 Å². The summed E-state index contributed by atoms with van der Waals surface area (Å²) >= 11 is 5.54. The Labute approximate surface area is 75.6 Å². The maximum atomic E-state index is 5.54. The van der Waals surface area contributed by atoms with Gasteiger partial charge in [0.2, 0.25) is 0 Å². The molecule has 1 aromatic rings. The molecule has 1 N–H and O–H groups in total. The molecule has 0 unspecified atom stereocenters. The third-order valence-electron chi connectivity index (χ3n) is 1.36. The van der Waals surface area contributed by atoms with Gasteiger partial charge in [0.15, 0.2) is 0 Å². The van der Waals surface area contributed by atoms with Crippen molar-refractivity contribution >= 4 is 11.6 Å². The number of hydrogen-bond acceptors (Lipinski definition) is 4. The lowest BCUT2D eigenvalue weighted by molar-refractivity contribution is 0.300. The fourth-order valence-corrected chi connectivity index (χ4v) is 0.821. The van der Waals surface area contributed by atoms with E-state index in [9.17, 15) is 0 Å². The van der Waals surface area contributed by atoms with Crippen molar-refractivity contribution in [3.8, 4) is 0 Å². The zero-order valence-electron chi connectivity index (χ0n) is 6.80. The van der Waals surface area contributed by atoms with Gasteiger partial charge in [-0.05, 0) is 6.92 Å². The summed E-state index contributed by atoms with van der Waals surface area (Å²) in [6, 6.07) is 0. The molecule has 1 heterocycles. The molecule has 66 valence electrons. The first-order chi connectivity index (χ1) is 5.70. The Morgan fingerprint density at radius 1 is 1.67 bits per heavy atom. The SMILES string of the molecule is C=C(Cl)CNCc1nonc1C. The first-order valence-electron chi connectivity index (χ1n) is 3.52. The largest absolute Gasteiger partial charge is 0.306 e.